The fourth-order valence-corrected chi connectivity index (χ4v) is 4.62. The molecule has 3 rings (SSSR count). The van der Waals surface area contributed by atoms with Crippen molar-refractivity contribution in [3.8, 4) is 0 Å². The van der Waals surface area contributed by atoms with Crippen LogP contribution in [0.1, 0.15) is 52.9 Å². The molecule has 3 atom stereocenters. The first kappa shape index (κ1) is 13.4. The molecule has 1 saturated carbocycles. The molecule has 2 heterocycles. The van der Waals surface area contributed by atoms with E-state index in [0.717, 1.165) is 25.6 Å². The normalized spacial score (nSPS) is 38.8. The number of amides is 1. The van der Waals surface area contributed by atoms with Crippen LogP contribution in [0, 0.1) is 17.3 Å². The molecule has 2 saturated heterocycles. The number of hydrogen-bond acceptors (Lipinski definition) is 2. The quantitative estimate of drug-likeness (QED) is 0.789. The molecule has 1 aliphatic carbocycles. The van der Waals surface area contributed by atoms with Crippen molar-refractivity contribution >= 4 is 5.91 Å². The first-order valence-corrected chi connectivity index (χ1v) is 7.99. The van der Waals surface area contributed by atoms with Gasteiger partial charge >= 0.3 is 0 Å². The molecule has 0 bridgehead atoms. The summed E-state index contributed by atoms with van der Waals surface area (Å²) < 4.78 is 0. The van der Waals surface area contributed by atoms with Crippen molar-refractivity contribution in [3.63, 3.8) is 0 Å². The van der Waals surface area contributed by atoms with Gasteiger partial charge in [0, 0.05) is 24.0 Å². The molecule has 3 aliphatic rings. The van der Waals surface area contributed by atoms with Crippen molar-refractivity contribution in [2.24, 2.45) is 17.3 Å². The molecule has 3 heteroatoms. The van der Waals surface area contributed by atoms with Crippen molar-refractivity contribution in [2.75, 3.05) is 19.6 Å². The molecular weight excluding hydrogens is 236 g/mol. The van der Waals surface area contributed by atoms with E-state index in [4.69, 9.17) is 0 Å². The summed E-state index contributed by atoms with van der Waals surface area (Å²) in [5.74, 6) is 1.85. The fourth-order valence-electron chi connectivity index (χ4n) is 4.62. The van der Waals surface area contributed by atoms with Gasteiger partial charge in [-0.25, -0.2) is 0 Å². The highest BCUT2D eigenvalue weighted by Crippen LogP contribution is 2.56. The molecule has 2 aliphatic heterocycles. The third-order valence-electron chi connectivity index (χ3n) is 5.69. The maximum Gasteiger partial charge on any atom is 0.228 e. The summed E-state index contributed by atoms with van der Waals surface area (Å²) >= 11 is 0. The highest BCUT2D eigenvalue weighted by atomic mass is 16.2. The van der Waals surface area contributed by atoms with Gasteiger partial charge in [0.2, 0.25) is 5.91 Å². The van der Waals surface area contributed by atoms with Gasteiger partial charge in [0.05, 0.1) is 0 Å². The standard InChI is InChI=1S/C16H28N2O/c1-15(2,3)14(19)18-10-7-12-6-8-16(12,18)13-5-4-9-17-11-13/h12-13,17H,4-11H2,1-3H3. The Bertz CT molecular complexity index is 367. The molecule has 0 spiro atoms. The molecular formula is C16H28N2O. The highest BCUT2D eigenvalue weighted by Gasteiger charge is 2.60. The lowest BCUT2D eigenvalue weighted by atomic mass is 9.59. The monoisotopic (exact) mass is 264 g/mol. The van der Waals surface area contributed by atoms with Crippen molar-refractivity contribution < 1.29 is 4.79 Å². The van der Waals surface area contributed by atoms with E-state index in [2.05, 4.69) is 31.0 Å². The Morgan fingerprint density at radius 2 is 2.00 bits per heavy atom. The zero-order valence-corrected chi connectivity index (χ0v) is 12.7. The van der Waals surface area contributed by atoms with Crippen LogP contribution in [0.2, 0.25) is 0 Å². The van der Waals surface area contributed by atoms with Gasteiger partial charge in [-0.2, -0.15) is 0 Å². The Labute approximate surface area is 117 Å². The Balaban J connectivity index is 1.86. The number of nitrogens with one attached hydrogen (secondary N) is 1. The number of nitrogens with zero attached hydrogens (tertiary/aromatic N) is 1. The zero-order chi connectivity index (χ0) is 13.7. The SMILES string of the molecule is CC(C)(C)C(=O)N1CCC2CCC21C1CCCNC1. The lowest BCUT2D eigenvalue weighted by Gasteiger charge is -2.56. The number of fused-ring (bicyclic) bond motifs is 1. The predicted octanol–water partition coefficient (Wildman–Crippen LogP) is 2.41. The Hall–Kier alpha value is -0.570. The highest BCUT2D eigenvalue weighted by molar-refractivity contribution is 5.83. The number of carbonyl (C=O) groups is 1. The predicted molar refractivity (Wildman–Crippen MR) is 76.8 cm³/mol. The number of rotatable bonds is 1. The third kappa shape index (κ3) is 1.93. The zero-order valence-electron chi connectivity index (χ0n) is 12.7. The second-order valence-corrected chi connectivity index (χ2v) is 7.77. The molecule has 1 N–H and O–H groups in total. The molecule has 0 aromatic rings. The minimum absolute atomic E-state index is 0.220. The average molecular weight is 264 g/mol. The second-order valence-electron chi connectivity index (χ2n) is 7.77. The van der Waals surface area contributed by atoms with Crippen LogP contribution >= 0.6 is 0 Å². The van der Waals surface area contributed by atoms with E-state index in [9.17, 15) is 4.79 Å². The summed E-state index contributed by atoms with van der Waals surface area (Å²) in [4.78, 5) is 15.1. The maximum atomic E-state index is 12.8. The van der Waals surface area contributed by atoms with Crippen LogP contribution in [0.25, 0.3) is 0 Å². The first-order valence-electron chi connectivity index (χ1n) is 7.99. The Kier molecular flexibility index (Phi) is 3.16. The van der Waals surface area contributed by atoms with Gasteiger partial charge in [-0.3, -0.25) is 4.79 Å². The van der Waals surface area contributed by atoms with E-state index in [1.54, 1.807) is 0 Å². The van der Waals surface area contributed by atoms with E-state index in [1.807, 2.05) is 0 Å². The van der Waals surface area contributed by atoms with Gasteiger partial charge in [-0.15, -0.1) is 0 Å². The molecule has 0 radical (unpaired) electrons. The van der Waals surface area contributed by atoms with Gasteiger partial charge in [0.15, 0.2) is 0 Å². The van der Waals surface area contributed by atoms with Gasteiger partial charge in [0.25, 0.3) is 0 Å². The number of likely N-dealkylation sites (tertiary alicyclic amines) is 1. The van der Waals surface area contributed by atoms with Gasteiger partial charge in [0.1, 0.15) is 0 Å². The lowest BCUT2D eigenvalue weighted by molar-refractivity contribution is -0.153. The van der Waals surface area contributed by atoms with Crippen LogP contribution < -0.4 is 5.32 Å². The summed E-state index contributed by atoms with van der Waals surface area (Å²) in [6, 6.07) is 0. The summed E-state index contributed by atoms with van der Waals surface area (Å²) in [6.07, 6.45) is 6.39. The van der Waals surface area contributed by atoms with Crippen LogP contribution in [-0.4, -0.2) is 36.0 Å². The van der Waals surface area contributed by atoms with Crippen molar-refractivity contribution in [1.82, 2.24) is 10.2 Å². The van der Waals surface area contributed by atoms with E-state index in [-0.39, 0.29) is 11.0 Å². The summed E-state index contributed by atoms with van der Waals surface area (Å²) in [6.45, 7) is 9.46. The number of hydrogen-bond donors (Lipinski definition) is 1. The fraction of sp³-hybridized carbons (Fsp3) is 0.938. The Morgan fingerprint density at radius 3 is 2.53 bits per heavy atom. The van der Waals surface area contributed by atoms with Crippen LogP contribution in [-0.2, 0) is 4.79 Å². The topological polar surface area (TPSA) is 32.3 Å². The van der Waals surface area contributed by atoms with Crippen LogP contribution in [0.15, 0.2) is 0 Å². The lowest BCUT2D eigenvalue weighted by Crippen LogP contribution is -2.64. The van der Waals surface area contributed by atoms with Crippen LogP contribution in [0.5, 0.6) is 0 Å². The van der Waals surface area contributed by atoms with Crippen LogP contribution in [0.3, 0.4) is 0 Å². The molecule has 1 amide bonds. The molecule has 3 fully saturated rings. The van der Waals surface area contributed by atoms with Gasteiger partial charge < -0.3 is 10.2 Å². The van der Waals surface area contributed by atoms with Crippen LogP contribution in [0.4, 0.5) is 0 Å². The number of piperidine rings is 1. The summed E-state index contributed by atoms with van der Waals surface area (Å²) in [5, 5.41) is 3.55. The summed E-state index contributed by atoms with van der Waals surface area (Å²) in [5.41, 5.74) is -0.0165. The van der Waals surface area contributed by atoms with E-state index >= 15 is 0 Å². The molecule has 0 aromatic heterocycles. The molecule has 108 valence electrons. The third-order valence-corrected chi connectivity index (χ3v) is 5.69. The minimum atomic E-state index is -0.237. The van der Waals surface area contributed by atoms with Crippen molar-refractivity contribution in [2.45, 2.75) is 58.4 Å². The molecule has 19 heavy (non-hydrogen) atoms. The summed E-state index contributed by atoms with van der Waals surface area (Å²) in [7, 11) is 0. The molecule has 3 unspecified atom stereocenters. The first-order chi connectivity index (χ1) is 8.96. The van der Waals surface area contributed by atoms with E-state index in [0.29, 0.717) is 11.8 Å². The second kappa shape index (κ2) is 4.47. The molecule has 0 aromatic carbocycles. The van der Waals surface area contributed by atoms with Crippen molar-refractivity contribution in [1.29, 1.82) is 0 Å². The Morgan fingerprint density at radius 1 is 1.21 bits per heavy atom. The van der Waals surface area contributed by atoms with Gasteiger partial charge in [-0.1, -0.05) is 20.8 Å². The van der Waals surface area contributed by atoms with E-state index in [1.165, 1.54) is 32.1 Å². The average Bonchev–Trinajstić information content (AvgIpc) is 2.60. The van der Waals surface area contributed by atoms with Crippen molar-refractivity contribution in [3.05, 3.63) is 0 Å². The molecule has 3 nitrogen and oxygen atoms in total. The maximum absolute atomic E-state index is 12.8. The van der Waals surface area contributed by atoms with E-state index < -0.39 is 0 Å². The minimum Gasteiger partial charge on any atom is -0.336 e. The smallest absolute Gasteiger partial charge is 0.228 e. The van der Waals surface area contributed by atoms with Gasteiger partial charge in [-0.05, 0) is 50.5 Å². The number of carbonyl (C=O) groups excluding carboxylic acids is 1. The largest absolute Gasteiger partial charge is 0.336 e.